The van der Waals surface area contributed by atoms with Crippen molar-refractivity contribution in [3.8, 4) is 11.5 Å². The topological polar surface area (TPSA) is 56.8 Å². The number of ether oxygens (including phenoxy) is 3. The summed E-state index contributed by atoms with van der Waals surface area (Å²) < 4.78 is 16.0. The van der Waals surface area contributed by atoms with Gasteiger partial charge < -0.3 is 19.5 Å². The van der Waals surface area contributed by atoms with Crippen LogP contribution in [-0.4, -0.2) is 33.3 Å². The van der Waals surface area contributed by atoms with E-state index in [2.05, 4.69) is 5.32 Å². The highest BCUT2D eigenvalue weighted by atomic mass is 32.1. The van der Waals surface area contributed by atoms with Gasteiger partial charge in [0.15, 0.2) is 11.5 Å². The molecule has 2 aromatic rings. The van der Waals surface area contributed by atoms with Crippen LogP contribution in [0.4, 0.5) is 0 Å². The summed E-state index contributed by atoms with van der Waals surface area (Å²) in [6.07, 6.45) is 0.400. The second kappa shape index (κ2) is 9.30. The van der Waals surface area contributed by atoms with Crippen molar-refractivity contribution in [3.63, 3.8) is 0 Å². The SMILES string of the molecule is COCCOc1ccc(C(C)NC(=O)Cc2cccs2)cc1OC. The zero-order valence-electron chi connectivity index (χ0n) is 14.2. The van der Waals surface area contributed by atoms with Crippen LogP contribution in [0.25, 0.3) is 0 Å². The normalized spacial score (nSPS) is 11.8. The molecule has 0 fully saturated rings. The molecule has 1 N–H and O–H groups in total. The number of carbonyl (C=O) groups is 1. The summed E-state index contributed by atoms with van der Waals surface area (Å²) in [6, 6.07) is 9.47. The maximum absolute atomic E-state index is 12.1. The quantitative estimate of drug-likeness (QED) is 0.706. The molecule has 5 nitrogen and oxygen atoms in total. The van der Waals surface area contributed by atoms with Gasteiger partial charge in [0, 0.05) is 12.0 Å². The van der Waals surface area contributed by atoms with Crippen LogP contribution in [0.2, 0.25) is 0 Å². The average Bonchev–Trinajstić information content (AvgIpc) is 3.07. The smallest absolute Gasteiger partial charge is 0.225 e. The van der Waals surface area contributed by atoms with Crippen molar-refractivity contribution < 1.29 is 19.0 Å². The van der Waals surface area contributed by atoms with E-state index in [1.54, 1.807) is 25.6 Å². The molecule has 0 aliphatic rings. The summed E-state index contributed by atoms with van der Waals surface area (Å²) in [5, 5.41) is 4.98. The van der Waals surface area contributed by atoms with Crippen LogP contribution in [-0.2, 0) is 16.0 Å². The number of carbonyl (C=O) groups excluding carboxylic acids is 1. The van der Waals surface area contributed by atoms with Gasteiger partial charge in [0.05, 0.1) is 26.2 Å². The van der Waals surface area contributed by atoms with Gasteiger partial charge in [0.1, 0.15) is 6.61 Å². The van der Waals surface area contributed by atoms with Crippen LogP contribution in [0.3, 0.4) is 0 Å². The molecule has 1 heterocycles. The molecule has 24 heavy (non-hydrogen) atoms. The lowest BCUT2D eigenvalue weighted by Gasteiger charge is -2.17. The van der Waals surface area contributed by atoms with E-state index in [9.17, 15) is 4.79 Å². The number of rotatable bonds is 9. The van der Waals surface area contributed by atoms with Crippen molar-refractivity contribution in [3.05, 3.63) is 46.2 Å². The highest BCUT2D eigenvalue weighted by molar-refractivity contribution is 7.10. The third-order valence-electron chi connectivity index (χ3n) is 3.53. The molecule has 2 rings (SSSR count). The minimum absolute atomic E-state index is 0.00402. The fourth-order valence-corrected chi connectivity index (χ4v) is 2.96. The predicted octanol–water partition coefficient (Wildman–Crippen LogP) is 3.20. The molecule has 0 spiro atoms. The highest BCUT2D eigenvalue weighted by Crippen LogP contribution is 2.30. The molecular weight excluding hydrogens is 326 g/mol. The molecule has 1 amide bonds. The van der Waals surface area contributed by atoms with Crippen molar-refractivity contribution in [1.82, 2.24) is 5.32 Å². The summed E-state index contributed by atoms with van der Waals surface area (Å²) in [6.45, 7) is 2.92. The molecule has 1 aromatic heterocycles. The number of hydrogen-bond donors (Lipinski definition) is 1. The van der Waals surface area contributed by atoms with E-state index in [4.69, 9.17) is 14.2 Å². The van der Waals surface area contributed by atoms with Gasteiger partial charge in [0.25, 0.3) is 0 Å². The Morgan fingerprint density at radius 2 is 2.04 bits per heavy atom. The van der Waals surface area contributed by atoms with Crippen LogP contribution in [0, 0.1) is 0 Å². The maximum atomic E-state index is 12.1. The number of methoxy groups -OCH3 is 2. The fraction of sp³-hybridized carbons (Fsp3) is 0.389. The number of nitrogens with one attached hydrogen (secondary N) is 1. The first-order valence-corrected chi connectivity index (χ1v) is 8.63. The molecule has 0 aliphatic heterocycles. The van der Waals surface area contributed by atoms with E-state index < -0.39 is 0 Å². The second-order valence-corrected chi connectivity index (χ2v) is 6.33. The second-order valence-electron chi connectivity index (χ2n) is 5.30. The Morgan fingerprint density at radius 3 is 2.71 bits per heavy atom. The number of thiophene rings is 1. The highest BCUT2D eigenvalue weighted by Gasteiger charge is 2.13. The molecule has 0 aliphatic carbocycles. The fourth-order valence-electron chi connectivity index (χ4n) is 2.25. The van der Waals surface area contributed by atoms with E-state index in [0.29, 0.717) is 31.1 Å². The average molecular weight is 349 g/mol. The first kappa shape index (κ1) is 18.3. The zero-order chi connectivity index (χ0) is 17.4. The number of amides is 1. The van der Waals surface area contributed by atoms with Gasteiger partial charge in [-0.3, -0.25) is 4.79 Å². The Labute approximate surface area is 146 Å². The lowest BCUT2D eigenvalue weighted by atomic mass is 10.1. The van der Waals surface area contributed by atoms with Crippen molar-refractivity contribution in [2.24, 2.45) is 0 Å². The van der Waals surface area contributed by atoms with Crippen LogP contribution in [0.5, 0.6) is 11.5 Å². The van der Waals surface area contributed by atoms with E-state index >= 15 is 0 Å². The third kappa shape index (κ3) is 5.25. The maximum Gasteiger partial charge on any atom is 0.225 e. The molecule has 1 unspecified atom stereocenters. The lowest BCUT2D eigenvalue weighted by Crippen LogP contribution is -2.27. The predicted molar refractivity (Wildman–Crippen MR) is 94.9 cm³/mol. The molecule has 1 aromatic carbocycles. The summed E-state index contributed by atoms with van der Waals surface area (Å²) >= 11 is 1.58. The van der Waals surface area contributed by atoms with Gasteiger partial charge in [-0.15, -0.1) is 11.3 Å². The Morgan fingerprint density at radius 1 is 1.21 bits per heavy atom. The van der Waals surface area contributed by atoms with Gasteiger partial charge in [0.2, 0.25) is 5.91 Å². The molecule has 0 radical (unpaired) electrons. The molecule has 130 valence electrons. The molecule has 6 heteroatoms. The minimum Gasteiger partial charge on any atom is -0.493 e. The van der Waals surface area contributed by atoms with Gasteiger partial charge in [-0.1, -0.05) is 12.1 Å². The Hall–Kier alpha value is -2.05. The van der Waals surface area contributed by atoms with E-state index in [1.807, 2.05) is 42.6 Å². The molecule has 0 saturated heterocycles. The number of hydrogen-bond acceptors (Lipinski definition) is 5. The Kier molecular flexibility index (Phi) is 7.08. The van der Waals surface area contributed by atoms with Gasteiger partial charge in [-0.05, 0) is 36.1 Å². The monoisotopic (exact) mass is 349 g/mol. The Bertz CT molecular complexity index is 642. The largest absolute Gasteiger partial charge is 0.493 e. The van der Waals surface area contributed by atoms with Gasteiger partial charge in [-0.2, -0.15) is 0 Å². The van der Waals surface area contributed by atoms with Crippen LogP contribution in [0.1, 0.15) is 23.4 Å². The Balaban J connectivity index is 1.98. The molecule has 0 saturated carbocycles. The first-order valence-electron chi connectivity index (χ1n) is 7.75. The summed E-state index contributed by atoms with van der Waals surface area (Å²) in [4.78, 5) is 13.2. The van der Waals surface area contributed by atoms with Gasteiger partial charge in [-0.25, -0.2) is 0 Å². The number of benzene rings is 1. The summed E-state index contributed by atoms with van der Waals surface area (Å²) in [5.74, 6) is 1.31. The van der Waals surface area contributed by atoms with Crippen LogP contribution in [0.15, 0.2) is 35.7 Å². The third-order valence-corrected chi connectivity index (χ3v) is 4.40. The van der Waals surface area contributed by atoms with Crippen molar-refractivity contribution in [2.45, 2.75) is 19.4 Å². The van der Waals surface area contributed by atoms with Crippen molar-refractivity contribution in [2.75, 3.05) is 27.4 Å². The summed E-state index contributed by atoms with van der Waals surface area (Å²) in [5.41, 5.74) is 0.963. The molecular formula is C18H23NO4S. The van der Waals surface area contributed by atoms with E-state index in [-0.39, 0.29) is 11.9 Å². The van der Waals surface area contributed by atoms with E-state index in [0.717, 1.165) is 10.4 Å². The summed E-state index contributed by atoms with van der Waals surface area (Å²) in [7, 11) is 3.23. The molecule has 0 bridgehead atoms. The first-order chi connectivity index (χ1) is 11.6. The van der Waals surface area contributed by atoms with Crippen molar-refractivity contribution >= 4 is 17.2 Å². The molecule has 1 atom stereocenters. The van der Waals surface area contributed by atoms with E-state index in [1.165, 1.54) is 0 Å². The lowest BCUT2D eigenvalue weighted by molar-refractivity contribution is -0.121. The van der Waals surface area contributed by atoms with Crippen LogP contribution < -0.4 is 14.8 Å². The zero-order valence-corrected chi connectivity index (χ0v) is 15.0. The van der Waals surface area contributed by atoms with Gasteiger partial charge >= 0.3 is 0 Å². The minimum atomic E-state index is -0.112. The van der Waals surface area contributed by atoms with Crippen molar-refractivity contribution in [1.29, 1.82) is 0 Å². The standard InChI is InChI=1S/C18H23NO4S/c1-13(19-18(20)12-15-5-4-10-24-15)14-6-7-16(17(11-14)22-3)23-9-8-21-2/h4-7,10-11,13H,8-9,12H2,1-3H3,(H,19,20). The van der Waals surface area contributed by atoms with Crippen LogP contribution >= 0.6 is 11.3 Å².